The van der Waals surface area contributed by atoms with E-state index in [9.17, 15) is 13.6 Å². The van der Waals surface area contributed by atoms with Crippen molar-refractivity contribution in [3.8, 4) is 16.9 Å². The maximum Gasteiger partial charge on any atom is 0.225 e. The van der Waals surface area contributed by atoms with Crippen LogP contribution in [0.25, 0.3) is 11.1 Å². The lowest BCUT2D eigenvalue weighted by Gasteiger charge is -2.35. The summed E-state index contributed by atoms with van der Waals surface area (Å²) >= 11 is 0. The molecule has 8 heteroatoms. The molecule has 6 nitrogen and oxygen atoms in total. The summed E-state index contributed by atoms with van der Waals surface area (Å²) in [6.07, 6.45) is 6.29. The van der Waals surface area contributed by atoms with Gasteiger partial charge in [-0.15, -0.1) is 0 Å². The molecular formula is C31H38F2N4O2. The first-order chi connectivity index (χ1) is 18.5. The summed E-state index contributed by atoms with van der Waals surface area (Å²) in [4.78, 5) is 24.9. The van der Waals surface area contributed by atoms with E-state index >= 15 is 0 Å². The number of ether oxygens (including phenoxy) is 1. The third-order valence-corrected chi connectivity index (χ3v) is 7.28. The van der Waals surface area contributed by atoms with Crippen LogP contribution in [0, 0.1) is 17.6 Å². The number of benzene rings is 2. The van der Waals surface area contributed by atoms with E-state index in [2.05, 4.69) is 21.8 Å². The van der Waals surface area contributed by atoms with Gasteiger partial charge in [0.2, 0.25) is 11.9 Å². The predicted octanol–water partition coefficient (Wildman–Crippen LogP) is 6.43. The smallest absolute Gasteiger partial charge is 0.225 e. The number of amides is 1. The van der Waals surface area contributed by atoms with Gasteiger partial charge in [0.1, 0.15) is 0 Å². The Balaban J connectivity index is 1.35. The number of aryl methyl sites for hydroxylation is 1. The molecule has 1 fully saturated rings. The Hall–Kier alpha value is -3.55. The van der Waals surface area contributed by atoms with Crippen LogP contribution in [-0.4, -0.2) is 46.0 Å². The Morgan fingerprint density at radius 2 is 1.59 bits per heavy atom. The maximum atomic E-state index is 14.9. The van der Waals surface area contributed by atoms with Gasteiger partial charge < -0.3 is 14.5 Å². The second-order valence-electron chi connectivity index (χ2n) is 11.2. The fraction of sp³-hybridized carbons (Fsp3) is 0.452. The highest BCUT2D eigenvalue weighted by atomic mass is 19.1. The summed E-state index contributed by atoms with van der Waals surface area (Å²) in [5.74, 6) is -0.855. The van der Waals surface area contributed by atoms with Gasteiger partial charge in [0.05, 0.1) is 6.61 Å². The monoisotopic (exact) mass is 536 g/mol. The van der Waals surface area contributed by atoms with Gasteiger partial charge in [-0.1, -0.05) is 31.2 Å². The number of carbonyl (C=O) groups is 1. The van der Waals surface area contributed by atoms with Crippen LogP contribution in [0.4, 0.5) is 14.7 Å². The van der Waals surface area contributed by atoms with Crippen LogP contribution in [0.5, 0.6) is 5.75 Å². The number of rotatable bonds is 8. The third kappa shape index (κ3) is 7.11. The standard InChI is InChI=1S/C31H38F2N4O2/c1-6-22-17-34-30(35-18-22)36-13-11-24(12-14-36)20-39-29-27(32)15-26(16-28(29)33)25-9-7-23(8-10-25)19-37(21(2)38)31(3,4)5/h7-10,15-18,24H,6,11-14,19-20H2,1-5H3. The molecule has 1 aliphatic rings. The lowest BCUT2D eigenvalue weighted by atomic mass is 9.98. The minimum Gasteiger partial charge on any atom is -0.487 e. The summed E-state index contributed by atoms with van der Waals surface area (Å²) < 4.78 is 35.5. The van der Waals surface area contributed by atoms with Gasteiger partial charge in [-0.2, -0.15) is 0 Å². The molecule has 1 aliphatic heterocycles. The number of hydrogen-bond donors (Lipinski definition) is 0. The van der Waals surface area contributed by atoms with Gasteiger partial charge >= 0.3 is 0 Å². The van der Waals surface area contributed by atoms with Gasteiger partial charge in [-0.3, -0.25) is 4.79 Å². The highest BCUT2D eigenvalue weighted by molar-refractivity contribution is 5.74. The highest BCUT2D eigenvalue weighted by Crippen LogP contribution is 2.31. The molecule has 208 valence electrons. The Kier molecular flexibility index (Phi) is 8.83. The van der Waals surface area contributed by atoms with Crippen LogP contribution in [0.15, 0.2) is 48.8 Å². The minimum atomic E-state index is -0.716. The molecule has 3 aromatic rings. The van der Waals surface area contributed by atoms with Gasteiger partial charge in [0, 0.05) is 44.5 Å². The largest absolute Gasteiger partial charge is 0.487 e. The number of piperidine rings is 1. The molecule has 0 saturated carbocycles. The average molecular weight is 537 g/mol. The molecular weight excluding hydrogens is 498 g/mol. The fourth-order valence-electron chi connectivity index (χ4n) is 4.87. The van der Waals surface area contributed by atoms with Crippen molar-refractivity contribution in [2.45, 2.75) is 66.0 Å². The zero-order valence-corrected chi connectivity index (χ0v) is 23.5. The van der Waals surface area contributed by atoms with Crippen LogP contribution in [0.2, 0.25) is 0 Å². The van der Waals surface area contributed by atoms with Crippen LogP contribution >= 0.6 is 0 Å². The molecule has 0 N–H and O–H groups in total. The minimum absolute atomic E-state index is 0.00687. The SMILES string of the molecule is CCc1cnc(N2CCC(COc3c(F)cc(-c4ccc(CN(C(C)=O)C(C)(C)C)cc4)cc3F)CC2)nc1. The number of nitrogens with zero attached hydrogens (tertiary/aromatic N) is 4. The molecule has 4 rings (SSSR count). The molecule has 1 aromatic heterocycles. The van der Waals surface area contributed by atoms with Crippen molar-refractivity contribution in [3.05, 3.63) is 71.6 Å². The summed E-state index contributed by atoms with van der Waals surface area (Å²) in [6.45, 7) is 11.9. The van der Waals surface area contributed by atoms with Crippen molar-refractivity contribution in [2.75, 3.05) is 24.6 Å². The highest BCUT2D eigenvalue weighted by Gasteiger charge is 2.25. The molecule has 0 aliphatic carbocycles. The predicted molar refractivity (Wildman–Crippen MR) is 150 cm³/mol. The number of hydrogen-bond acceptors (Lipinski definition) is 5. The Morgan fingerprint density at radius 3 is 2.10 bits per heavy atom. The van der Waals surface area contributed by atoms with E-state index in [1.807, 2.05) is 57.4 Å². The van der Waals surface area contributed by atoms with Crippen LogP contribution in [0.1, 0.15) is 58.6 Å². The lowest BCUT2D eigenvalue weighted by Crippen LogP contribution is -2.43. The zero-order valence-electron chi connectivity index (χ0n) is 23.5. The molecule has 0 bridgehead atoms. The van der Waals surface area contributed by atoms with Gasteiger partial charge in [-0.05, 0) is 80.3 Å². The molecule has 2 aromatic carbocycles. The summed E-state index contributed by atoms with van der Waals surface area (Å²) in [5, 5.41) is 0. The first-order valence-corrected chi connectivity index (χ1v) is 13.6. The summed E-state index contributed by atoms with van der Waals surface area (Å²) in [7, 11) is 0. The molecule has 39 heavy (non-hydrogen) atoms. The summed E-state index contributed by atoms with van der Waals surface area (Å²) in [6, 6.07) is 10.0. The lowest BCUT2D eigenvalue weighted by molar-refractivity contribution is -0.134. The zero-order chi connectivity index (χ0) is 28.2. The van der Waals surface area contributed by atoms with E-state index in [4.69, 9.17) is 4.74 Å². The van der Waals surface area contributed by atoms with Crippen molar-refractivity contribution in [1.29, 1.82) is 0 Å². The number of halogens is 2. The van der Waals surface area contributed by atoms with Crippen molar-refractivity contribution in [2.24, 2.45) is 5.92 Å². The first kappa shape index (κ1) is 28.5. The number of carbonyl (C=O) groups excluding carboxylic acids is 1. The van der Waals surface area contributed by atoms with Gasteiger partial charge in [0.15, 0.2) is 17.4 Å². The molecule has 0 spiro atoms. The molecule has 1 amide bonds. The maximum absolute atomic E-state index is 14.9. The van der Waals surface area contributed by atoms with Crippen LogP contribution < -0.4 is 9.64 Å². The molecule has 0 unspecified atom stereocenters. The quantitative estimate of drug-likeness (QED) is 0.332. The van der Waals surface area contributed by atoms with Gasteiger partial charge in [0.25, 0.3) is 0 Å². The first-order valence-electron chi connectivity index (χ1n) is 13.6. The van der Waals surface area contributed by atoms with E-state index in [0.29, 0.717) is 17.7 Å². The van der Waals surface area contributed by atoms with E-state index in [-0.39, 0.29) is 29.7 Å². The van der Waals surface area contributed by atoms with E-state index in [1.54, 1.807) is 11.8 Å². The Morgan fingerprint density at radius 1 is 1.00 bits per heavy atom. The van der Waals surface area contributed by atoms with Crippen molar-refractivity contribution >= 4 is 11.9 Å². The molecule has 0 radical (unpaired) electrons. The normalized spacial score (nSPS) is 14.4. The molecule has 1 saturated heterocycles. The topological polar surface area (TPSA) is 58.6 Å². The second-order valence-corrected chi connectivity index (χ2v) is 11.2. The van der Waals surface area contributed by atoms with E-state index in [0.717, 1.165) is 49.4 Å². The van der Waals surface area contributed by atoms with Crippen LogP contribution in [-0.2, 0) is 17.8 Å². The molecule has 2 heterocycles. The van der Waals surface area contributed by atoms with Crippen molar-refractivity contribution in [1.82, 2.24) is 14.9 Å². The number of anilines is 1. The van der Waals surface area contributed by atoms with Crippen molar-refractivity contribution in [3.63, 3.8) is 0 Å². The van der Waals surface area contributed by atoms with E-state index in [1.165, 1.54) is 12.1 Å². The Bertz CT molecular complexity index is 1240. The van der Waals surface area contributed by atoms with Gasteiger partial charge in [-0.25, -0.2) is 18.7 Å². The third-order valence-electron chi connectivity index (χ3n) is 7.28. The molecule has 0 atom stereocenters. The number of aromatic nitrogens is 2. The van der Waals surface area contributed by atoms with Crippen molar-refractivity contribution < 1.29 is 18.3 Å². The second kappa shape index (κ2) is 12.1. The summed E-state index contributed by atoms with van der Waals surface area (Å²) in [5.41, 5.74) is 2.87. The fourth-order valence-corrected chi connectivity index (χ4v) is 4.87. The van der Waals surface area contributed by atoms with Crippen LogP contribution in [0.3, 0.4) is 0 Å². The Labute approximate surface area is 230 Å². The van der Waals surface area contributed by atoms with E-state index < -0.39 is 11.6 Å². The average Bonchev–Trinajstić information content (AvgIpc) is 2.91.